The van der Waals surface area contributed by atoms with Gasteiger partial charge >= 0.3 is 0 Å². The average Bonchev–Trinajstić information content (AvgIpc) is 3.34. The summed E-state index contributed by atoms with van der Waals surface area (Å²) in [6, 6.07) is 14.0. The molecular weight excluding hydrogens is 452 g/mol. The van der Waals surface area contributed by atoms with Crippen molar-refractivity contribution in [3.63, 3.8) is 0 Å². The van der Waals surface area contributed by atoms with E-state index in [0.717, 1.165) is 49.0 Å². The highest BCUT2D eigenvalue weighted by Crippen LogP contribution is 2.35. The van der Waals surface area contributed by atoms with Crippen LogP contribution in [0.25, 0.3) is 38.9 Å². The Hall–Kier alpha value is -3.50. The van der Waals surface area contributed by atoms with Crippen LogP contribution in [0.15, 0.2) is 59.5 Å². The summed E-state index contributed by atoms with van der Waals surface area (Å²) in [6.07, 6.45) is 5.74. The Kier molecular flexibility index (Phi) is 4.60. The summed E-state index contributed by atoms with van der Waals surface area (Å²) < 4.78 is 4.60. The number of halogens is 1. The molecule has 0 aliphatic carbocycles. The molecule has 0 unspecified atom stereocenters. The summed E-state index contributed by atoms with van der Waals surface area (Å²) >= 11 is 3.49. The van der Waals surface area contributed by atoms with Gasteiger partial charge in [0, 0.05) is 41.1 Å². The van der Waals surface area contributed by atoms with Crippen molar-refractivity contribution >= 4 is 38.0 Å². The van der Waals surface area contributed by atoms with Crippen LogP contribution in [0.2, 0.25) is 0 Å². The van der Waals surface area contributed by atoms with E-state index in [-0.39, 0.29) is 5.92 Å². The molecule has 0 saturated heterocycles. The molecule has 4 aromatic heterocycles. The molecule has 4 heterocycles. The zero-order valence-corrected chi connectivity index (χ0v) is 18.9. The minimum Gasteiger partial charge on any atom is -0.336 e. The maximum absolute atomic E-state index is 9.25. The maximum Gasteiger partial charge on any atom is 0.163 e. The van der Waals surface area contributed by atoms with E-state index < -0.39 is 0 Å². The Bertz CT molecular complexity index is 1500. The quantitative estimate of drug-likeness (QED) is 0.337. The molecule has 0 radical (unpaired) electrons. The molecule has 0 saturated carbocycles. The topological polar surface area (TPSA) is 72.3 Å². The molecule has 0 aliphatic rings. The van der Waals surface area contributed by atoms with E-state index in [0.29, 0.717) is 5.56 Å². The maximum atomic E-state index is 9.25. The second kappa shape index (κ2) is 7.33. The van der Waals surface area contributed by atoms with Crippen molar-refractivity contribution in [1.29, 1.82) is 5.26 Å². The third-order valence-corrected chi connectivity index (χ3v) is 6.13. The number of hydrogen-bond donors (Lipinski definition) is 0. The SMILES string of the molecule is CC(C)c1nn(-c2ccc(C#N)c(Br)c2)c2nccc(-c3cnc4c(ccn4C)c3)c12. The summed E-state index contributed by atoms with van der Waals surface area (Å²) in [6.45, 7) is 4.27. The fourth-order valence-electron chi connectivity index (χ4n) is 3.92. The molecule has 5 rings (SSSR count). The number of aryl methyl sites for hydroxylation is 1. The molecule has 152 valence electrons. The van der Waals surface area contributed by atoms with Gasteiger partial charge in [-0.05, 0) is 63.8 Å². The van der Waals surface area contributed by atoms with Crippen LogP contribution in [0, 0.1) is 11.3 Å². The number of hydrogen-bond acceptors (Lipinski definition) is 4. The van der Waals surface area contributed by atoms with Gasteiger partial charge in [-0.25, -0.2) is 14.6 Å². The highest BCUT2D eigenvalue weighted by Gasteiger charge is 2.20. The van der Waals surface area contributed by atoms with Crippen molar-refractivity contribution in [2.75, 3.05) is 0 Å². The summed E-state index contributed by atoms with van der Waals surface area (Å²) in [5, 5.41) is 16.3. The van der Waals surface area contributed by atoms with Crippen LogP contribution >= 0.6 is 15.9 Å². The molecule has 0 amide bonds. The summed E-state index contributed by atoms with van der Waals surface area (Å²) in [7, 11) is 2.00. The number of fused-ring (bicyclic) bond motifs is 2. The second-order valence-electron chi connectivity index (χ2n) is 7.85. The van der Waals surface area contributed by atoms with E-state index >= 15 is 0 Å². The van der Waals surface area contributed by atoms with Crippen LogP contribution in [-0.2, 0) is 7.05 Å². The van der Waals surface area contributed by atoms with Crippen LogP contribution in [0.4, 0.5) is 0 Å². The number of nitriles is 1. The van der Waals surface area contributed by atoms with Gasteiger partial charge in [0.15, 0.2) is 5.65 Å². The van der Waals surface area contributed by atoms with E-state index in [9.17, 15) is 5.26 Å². The van der Waals surface area contributed by atoms with E-state index in [1.54, 1.807) is 6.07 Å². The van der Waals surface area contributed by atoms with Crippen molar-refractivity contribution in [2.24, 2.45) is 7.05 Å². The summed E-state index contributed by atoms with van der Waals surface area (Å²) in [5.74, 6) is 0.210. The first-order chi connectivity index (χ1) is 15.0. The fourth-order valence-corrected chi connectivity index (χ4v) is 4.38. The fraction of sp³-hybridized carbons (Fsp3) is 0.167. The third kappa shape index (κ3) is 3.11. The van der Waals surface area contributed by atoms with Gasteiger partial charge in [0.25, 0.3) is 0 Å². The summed E-state index contributed by atoms with van der Waals surface area (Å²) in [4.78, 5) is 9.35. The Morgan fingerprint density at radius 3 is 2.65 bits per heavy atom. The Morgan fingerprint density at radius 1 is 1.06 bits per heavy atom. The lowest BCUT2D eigenvalue weighted by atomic mass is 9.99. The first-order valence-corrected chi connectivity index (χ1v) is 10.8. The first-order valence-electron chi connectivity index (χ1n) is 9.97. The molecular formula is C24H19BrN6. The van der Waals surface area contributed by atoms with Gasteiger partial charge in [-0.15, -0.1) is 0 Å². The lowest BCUT2D eigenvalue weighted by Gasteiger charge is -2.07. The van der Waals surface area contributed by atoms with Crippen molar-refractivity contribution < 1.29 is 0 Å². The highest BCUT2D eigenvalue weighted by molar-refractivity contribution is 9.10. The minimum atomic E-state index is 0.210. The zero-order chi connectivity index (χ0) is 21.7. The number of rotatable bonds is 3. The van der Waals surface area contributed by atoms with Gasteiger partial charge in [-0.1, -0.05) is 13.8 Å². The molecule has 0 atom stereocenters. The minimum absolute atomic E-state index is 0.210. The van der Waals surface area contributed by atoms with Gasteiger partial charge in [0.2, 0.25) is 0 Å². The Balaban J connectivity index is 1.78. The van der Waals surface area contributed by atoms with Crippen LogP contribution < -0.4 is 0 Å². The third-order valence-electron chi connectivity index (χ3n) is 5.48. The Morgan fingerprint density at radius 2 is 1.90 bits per heavy atom. The number of benzene rings is 1. The van der Waals surface area contributed by atoms with Gasteiger partial charge in [0.1, 0.15) is 11.7 Å². The molecule has 0 N–H and O–H groups in total. The van der Waals surface area contributed by atoms with E-state index in [1.165, 1.54) is 0 Å². The monoisotopic (exact) mass is 470 g/mol. The average molecular weight is 471 g/mol. The summed E-state index contributed by atoms with van der Waals surface area (Å²) in [5.41, 5.74) is 6.25. The van der Waals surface area contributed by atoms with Crippen LogP contribution in [-0.4, -0.2) is 24.3 Å². The predicted octanol–water partition coefficient (Wildman–Crippen LogP) is 5.73. The Labute approximate surface area is 187 Å². The number of aromatic nitrogens is 5. The lowest BCUT2D eigenvalue weighted by Crippen LogP contribution is -1.99. The standard InChI is InChI=1S/C24H19BrN6/c1-14(2)22-21-19(17-10-15-7-9-30(3)23(15)28-13-17)6-8-27-24(21)31(29-22)18-5-4-16(12-26)20(25)11-18/h4-11,13-14H,1-3H3. The van der Waals surface area contributed by atoms with Crippen molar-refractivity contribution in [1.82, 2.24) is 24.3 Å². The molecule has 0 fully saturated rings. The van der Waals surface area contributed by atoms with E-state index in [2.05, 4.69) is 57.9 Å². The number of pyridine rings is 2. The lowest BCUT2D eigenvalue weighted by molar-refractivity contribution is 0.776. The van der Waals surface area contributed by atoms with Gasteiger partial charge < -0.3 is 4.57 Å². The molecule has 31 heavy (non-hydrogen) atoms. The molecule has 6 nitrogen and oxygen atoms in total. The highest BCUT2D eigenvalue weighted by atomic mass is 79.9. The van der Waals surface area contributed by atoms with Crippen molar-refractivity contribution in [3.8, 4) is 22.9 Å². The molecule has 5 aromatic rings. The van der Waals surface area contributed by atoms with Crippen molar-refractivity contribution in [2.45, 2.75) is 19.8 Å². The predicted molar refractivity (Wildman–Crippen MR) is 125 cm³/mol. The second-order valence-corrected chi connectivity index (χ2v) is 8.70. The molecule has 0 spiro atoms. The van der Waals surface area contributed by atoms with Crippen molar-refractivity contribution in [3.05, 3.63) is 70.7 Å². The molecule has 7 heteroatoms. The zero-order valence-electron chi connectivity index (χ0n) is 17.3. The number of nitrogens with zero attached hydrogens (tertiary/aromatic N) is 6. The largest absolute Gasteiger partial charge is 0.336 e. The van der Waals surface area contributed by atoms with E-state index in [4.69, 9.17) is 5.10 Å². The van der Waals surface area contributed by atoms with Gasteiger partial charge in [-0.3, -0.25) is 0 Å². The molecule has 0 bridgehead atoms. The van der Waals surface area contributed by atoms with Crippen LogP contribution in [0.5, 0.6) is 0 Å². The van der Waals surface area contributed by atoms with Crippen LogP contribution in [0.1, 0.15) is 31.0 Å². The van der Waals surface area contributed by atoms with E-state index in [1.807, 2.05) is 53.1 Å². The first kappa shape index (κ1) is 19.5. The van der Waals surface area contributed by atoms with Crippen LogP contribution in [0.3, 0.4) is 0 Å². The smallest absolute Gasteiger partial charge is 0.163 e. The normalized spacial score (nSPS) is 11.5. The van der Waals surface area contributed by atoms with Gasteiger partial charge in [-0.2, -0.15) is 10.4 Å². The molecule has 0 aliphatic heterocycles. The molecule has 1 aromatic carbocycles. The van der Waals surface area contributed by atoms with Gasteiger partial charge in [0.05, 0.1) is 22.3 Å².